The molecule has 0 saturated carbocycles. The molecule has 0 bridgehead atoms. The summed E-state index contributed by atoms with van der Waals surface area (Å²) in [4.78, 5) is 19.2. The zero-order valence-corrected chi connectivity index (χ0v) is 19.1. The van der Waals surface area contributed by atoms with Gasteiger partial charge in [0.15, 0.2) is 5.96 Å². The number of hydrogen-bond donors (Lipinski definition) is 2. The monoisotopic (exact) mass is 441 g/mol. The second-order valence-electron chi connectivity index (χ2n) is 8.39. The summed E-state index contributed by atoms with van der Waals surface area (Å²) in [7, 11) is 1.78. The molecular weight excluding hydrogens is 406 g/mol. The molecule has 2 aliphatic heterocycles. The summed E-state index contributed by atoms with van der Waals surface area (Å²) in [5.74, 6) is 1.70. The van der Waals surface area contributed by atoms with Gasteiger partial charge in [-0.2, -0.15) is 5.10 Å². The zero-order valence-electron chi connectivity index (χ0n) is 19.1. The van der Waals surface area contributed by atoms with E-state index in [0.717, 1.165) is 83.4 Å². The Hall–Kier alpha value is -2.65. The number of aryl methyl sites for hydroxylation is 2. The lowest BCUT2D eigenvalue weighted by atomic mass is 10.1. The van der Waals surface area contributed by atoms with E-state index in [9.17, 15) is 4.79 Å². The van der Waals surface area contributed by atoms with Crippen molar-refractivity contribution in [1.82, 2.24) is 29.9 Å². The molecule has 2 N–H and O–H groups in total. The van der Waals surface area contributed by atoms with Gasteiger partial charge in [-0.3, -0.25) is 14.5 Å². The highest BCUT2D eigenvalue weighted by Crippen LogP contribution is 2.13. The molecule has 9 heteroatoms. The number of ether oxygens (including phenoxy) is 1. The molecule has 1 fully saturated rings. The number of aromatic nitrogens is 3. The molecule has 9 nitrogen and oxygen atoms in total. The largest absolute Gasteiger partial charge is 0.379 e. The molecule has 2 aliphatic rings. The van der Waals surface area contributed by atoms with Gasteiger partial charge in [0.25, 0.3) is 0 Å². The van der Waals surface area contributed by atoms with Crippen molar-refractivity contribution in [3.05, 3.63) is 51.7 Å². The van der Waals surface area contributed by atoms with E-state index >= 15 is 0 Å². The number of fused-ring (bicyclic) bond motifs is 1. The SMILES string of the molecule is CN=C(NCCCn1nc2n(c1=O)CCCC2)NCc1ccccc1CN1CCOCC1. The number of guanidine groups is 1. The molecule has 0 unspecified atom stereocenters. The Morgan fingerprint density at radius 2 is 1.94 bits per heavy atom. The lowest BCUT2D eigenvalue weighted by Crippen LogP contribution is -2.38. The molecule has 0 amide bonds. The van der Waals surface area contributed by atoms with Crippen LogP contribution in [0, 0.1) is 0 Å². The van der Waals surface area contributed by atoms with Crippen LogP contribution in [0.3, 0.4) is 0 Å². The van der Waals surface area contributed by atoms with Gasteiger partial charge in [-0.1, -0.05) is 24.3 Å². The summed E-state index contributed by atoms with van der Waals surface area (Å²) in [6.45, 7) is 7.38. The van der Waals surface area contributed by atoms with Crippen molar-refractivity contribution in [2.45, 2.75) is 51.9 Å². The third kappa shape index (κ3) is 5.77. The molecule has 3 heterocycles. The van der Waals surface area contributed by atoms with Crippen LogP contribution in [0.15, 0.2) is 34.1 Å². The average Bonchev–Trinajstić information content (AvgIpc) is 3.16. The van der Waals surface area contributed by atoms with E-state index in [1.165, 1.54) is 11.1 Å². The maximum absolute atomic E-state index is 12.4. The van der Waals surface area contributed by atoms with Crippen LogP contribution in [-0.4, -0.2) is 65.1 Å². The minimum atomic E-state index is 0.0269. The predicted molar refractivity (Wildman–Crippen MR) is 125 cm³/mol. The van der Waals surface area contributed by atoms with Crippen LogP contribution in [0.5, 0.6) is 0 Å². The maximum Gasteiger partial charge on any atom is 0.345 e. The van der Waals surface area contributed by atoms with E-state index in [4.69, 9.17) is 4.74 Å². The number of benzene rings is 1. The third-order valence-electron chi connectivity index (χ3n) is 6.16. The number of hydrogen-bond acceptors (Lipinski definition) is 5. The second-order valence-corrected chi connectivity index (χ2v) is 8.39. The Morgan fingerprint density at radius 1 is 1.12 bits per heavy atom. The smallest absolute Gasteiger partial charge is 0.345 e. The molecule has 0 atom stereocenters. The van der Waals surface area contributed by atoms with Gasteiger partial charge in [0.2, 0.25) is 0 Å². The molecule has 0 radical (unpaired) electrons. The van der Waals surface area contributed by atoms with Gasteiger partial charge in [-0.05, 0) is 30.4 Å². The maximum atomic E-state index is 12.4. The van der Waals surface area contributed by atoms with Crippen LogP contribution in [0.1, 0.15) is 36.2 Å². The fourth-order valence-corrected chi connectivity index (χ4v) is 4.31. The van der Waals surface area contributed by atoms with Gasteiger partial charge in [0, 0.05) is 59.3 Å². The van der Waals surface area contributed by atoms with Crippen LogP contribution < -0.4 is 16.3 Å². The molecular formula is C23H35N7O2. The molecule has 1 saturated heterocycles. The third-order valence-corrected chi connectivity index (χ3v) is 6.16. The first-order chi connectivity index (χ1) is 15.7. The van der Waals surface area contributed by atoms with Crippen LogP contribution in [0.2, 0.25) is 0 Å². The molecule has 4 rings (SSSR count). The summed E-state index contributed by atoms with van der Waals surface area (Å²) in [5.41, 5.74) is 2.64. The van der Waals surface area contributed by atoms with E-state index in [-0.39, 0.29) is 5.69 Å². The van der Waals surface area contributed by atoms with Crippen LogP contribution in [0.4, 0.5) is 0 Å². The fourth-order valence-electron chi connectivity index (χ4n) is 4.31. The Labute approximate surface area is 189 Å². The lowest BCUT2D eigenvalue weighted by molar-refractivity contribution is 0.0341. The summed E-state index contributed by atoms with van der Waals surface area (Å²) < 4.78 is 8.90. The first-order valence-electron chi connectivity index (χ1n) is 11.7. The van der Waals surface area contributed by atoms with Crippen LogP contribution in [-0.2, 0) is 37.3 Å². The topological polar surface area (TPSA) is 88.7 Å². The molecule has 1 aromatic heterocycles. The molecule has 0 spiro atoms. The van der Waals surface area contributed by atoms with Gasteiger partial charge in [0.05, 0.1) is 13.2 Å². The van der Waals surface area contributed by atoms with Crippen molar-refractivity contribution in [2.75, 3.05) is 39.9 Å². The van der Waals surface area contributed by atoms with Crippen LogP contribution in [0.25, 0.3) is 0 Å². The van der Waals surface area contributed by atoms with E-state index in [2.05, 4.69) is 49.9 Å². The first-order valence-corrected chi connectivity index (χ1v) is 11.7. The predicted octanol–water partition coefficient (Wildman–Crippen LogP) is 0.969. The lowest BCUT2D eigenvalue weighted by Gasteiger charge is -2.27. The van der Waals surface area contributed by atoms with Crippen molar-refractivity contribution >= 4 is 5.96 Å². The molecule has 2 aromatic rings. The summed E-state index contributed by atoms with van der Waals surface area (Å²) in [6.07, 6.45) is 3.90. The van der Waals surface area contributed by atoms with Crippen molar-refractivity contribution in [1.29, 1.82) is 0 Å². The normalized spacial score (nSPS) is 17.2. The number of aliphatic imine (C=N–C) groups is 1. The molecule has 174 valence electrons. The van der Waals surface area contributed by atoms with E-state index in [1.807, 2.05) is 4.57 Å². The van der Waals surface area contributed by atoms with Crippen molar-refractivity contribution in [3.8, 4) is 0 Å². The fraction of sp³-hybridized carbons (Fsp3) is 0.609. The van der Waals surface area contributed by atoms with E-state index in [0.29, 0.717) is 13.1 Å². The Kier molecular flexibility index (Phi) is 7.95. The standard InChI is InChI=1S/C23H35N7O2/c1-24-22(25-10-6-12-30-23(31)29-11-5-4-9-21(29)27-30)26-17-19-7-2-3-8-20(19)18-28-13-15-32-16-14-28/h2-3,7-8H,4-6,9-18H2,1H3,(H2,24,25,26). The van der Waals surface area contributed by atoms with E-state index in [1.54, 1.807) is 11.7 Å². The summed E-state index contributed by atoms with van der Waals surface area (Å²) in [5, 5.41) is 11.3. The molecule has 0 aliphatic carbocycles. The minimum absolute atomic E-state index is 0.0269. The van der Waals surface area contributed by atoms with Gasteiger partial charge in [-0.25, -0.2) is 9.48 Å². The van der Waals surface area contributed by atoms with Crippen molar-refractivity contribution < 1.29 is 4.74 Å². The van der Waals surface area contributed by atoms with E-state index < -0.39 is 0 Å². The zero-order chi connectivity index (χ0) is 22.2. The summed E-state index contributed by atoms with van der Waals surface area (Å²) >= 11 is 0. The van der Waals surface area contributed by atoms with Gasteiger partial charge < -0.3 is 15.4 Å². The highest BCUT2D eigenvalue weighted by molar-refractivity contribution is 5.79. The highest BCUT2D eigenvalue weighted by Gasteiger charge is 2.16. The second kappa shape index (κ2) is 11.3. The number of rotatable bonds is 8. The van der Waals surface area contributed by atoms with Crippen molar-refractivity contribution in [2.24, 2.45) is 4.99 Å². The Bertz CT molecular complexity index is 959. The first kappa shape index (κ1) is 22.5. The molecule has 32 heavy (non-hydrogen) atoms. The summed E-state index contributed by atoms with van der Waals surface area (Å²) in [6, 6.07) is 8.55. The highest BCUT2D eigenvalue weighted by atomic mass is 16.5. The number of nitrogens with zero attached hydrogens (tertiary/aromatic N) is 5. The molecule has 1 aromatic carbocycles. The van der Waals surface area contributed by atoms with Gasteiger partial charge >= 0.3 is 5.69 Å². The van der Waals surface area contributed by atoms with Crippen LogP contribution >= 0.6 is 0 Å². The average molecular weight is 442 g/mol. The van der Waals surface area contributed by atoms with Crippen molar-refractivity contribution in [3.63, 3.8) is 0 Å². The van der Waals surface area contributed by atoms with Gasteiger partial charge in [0.1, 0.15) is 5.82 Å². The quantitative estimate of drug-likeness (QED) is 0.361. The minimum Gasteiger partial charge on any atom is -0.379 e. The van der Waals surface area contributed by atoms with Gasteiger partial charge in [-0.15, -0.1) is 0 Å². The number of nitrogens with one attached hydrogen (secondary N) is 2. The Morgan fingerprint density at radius 3 is 2.72 bits per heavy atom. The number of morpholine rings is 1. The Balaban J connectivity index is 1.23.